The van der Waals surface area contributed by atoms with Crippen LogP contribution in [0.2, 0.25) is 20.1 Å². The van der Waals surface area contributed by atoms with Crippen molar-refractivity contribution in [3.8, 4) is 0 Å². The van der Waals surface area contributed by atoms with Crippen molar-refractivity contribution in [2.45, 2.75) is 57.5 Å². The van der Waals surface area contributed by atoms with E-state index in [1.165, 1.54) is 37.7 Å². The van der Waals surface area contributed by atoms with Gasteiger partial charge in [0.05, 0.1) is 26.2 Å². The van der Waals surface area contributed by atoms with E-state index in [4.69, 9.17) is 46.4 Å². The Kier molecular flexibility index (Phi) is 7.98. The second-order valence-electron chi connectivity index (χ2n) is 8.12. The van der Waals surface area contributed by atoms with Crippen molar-refractivity contribution < 1.29 is 5.11 Å². The summed E-state index contributed by atoms with van der Waals surface area (Å²) in [5.74, 6) is 2.27. The zero-order valence-electron chi connectivity index (χ0n) is 16.0. The quantitative estimate of drug-likeness (QED) is 0.457. The van der Waals surface area contributed by atoms with Crippen molar-refractivity contribution in [3.63, 3.8) is 0 Å². The molecule has 0 radical (unpaired) electrons. The Bertz CT molecular complexity index is 732. The Morgan fingerprint density at radius 2 is 1.21 bits per heavy atom. The van der Waals surface area contributed by atoms with Gasteiger partial charge in [-0.15, -0.1) is 0 Å². The van der Waals surface area contributed by atoms with Gasteiger partial charge in [0.25, 0.3) is 0 Å². The van der Waals surface area contributed by atoms with Gasteiger partial charge in [-0.25, -0.2) is 0 Å². The highest BCUT2D eigenvalue weighted by Crippen LogP contribution is 2.39. The fourth-order valence-electron chi connectivity index (χ4n) is 3.33. The molecule has 2 aliphatic carbocycles. The topological polar surface area (TPSA) is 20.2 Å². The summed E-state index contributed by atoms with van der Waals surface area (Å²) in [5, 5.41) is 12.2. The van der Waals surface area contributed by atoms with Crippen molar-refractivity contribution in [2.24, 2.45) is 11.8 Å². The molecule has 2 aromatic rings. The largest absolute Gasteiger partial charge is 0.388 e. The maximum atomic E-state index is 9.84. The van der Waals surface area contributed by atoms with Gasteiger partial charge in [0.2, 0.25) is 0 Å². The molecule has 2 aliphatic rings. The third-order valence-electron chi connectivity index (χ3n) is 5.48. The van der Waals surface area contributed by atoms with Crippen molar-refractivity contribution in [2.75, 3.05) is 0 Å². The van der Waals surface area contributed by atoms with E-state index in [0.717, 1.165) is 17.9 Å². The van der Waals surface area contributed by atoms with E-state index in [1.807, 2.05) is 18.2 Å². The highest BCUT2D eigenvalue weighted by molar-refractivity contribution is 6.42. The van der Waals surface area contributed by atoms with Gasteiger partial charge < -0.3 is 5.11 Å². The molecule has 4 rings (SSSR count). The Labute approximate surface area is 188 Å². The van der Waals surface area contributed by atoms with E-state index in [-0.39, 0.29) is 0 Å². The summed E-state index contributed by atoms with van der Waals surface area (Å²) in [6, 6.07) is 11.3. The molecule has 2 saturated carbocycles. The smallest absolute Gasteiger partial charge is 0.0793 e. The molecule has 2 fully saturated rings. The molecule has 5 heteroatoms. The number of hydrogen-bond donors (Lipinski definition) is 1. The minimum Gasteiger partial charge on any atom is -0.388 e. The van der Waals surface area contributed by atoms with E-state index < -0.39 is 6.10 Å². The Morgan fingerprint density at radius 1 is 0.750 bits per heavy atom. The molecule has 0 saturated heterocycles. The zero-order chi connectivity index (χ0) is 20.3. The molecule has 1 nitrogen and oxygen atoms in total. The van der Waals surface area contributed by atoms with Crippen LogP contribution in [-0.2, 0) is 0 Å². The molecule has 0 aromatic heterocycles. The highest BCUT2D eigenvalue weighted by atomic mass is 35.5. The van der Waals surface area contributed by atoms with Crippen LogP contribution in [0.25, 0.3) is 0 Å². The Morgan fingerprint density at radius 3 is 1.71 bits per heavy atom. The first-order valence-electron chi connectivity index (χ1n) is 9.91. The molecule has 0 heterocycles. The predicted molar refractivity (Wildman–Crippen MR) is 121 cm³/mol. The van der Waals surface area contributed by atoms with Crippen LogP contribution in [0.1, 0.15) is 68.6 Å². The van der Waals surface area contributed by atoms with Crippen LogP contribution < -0.4 is 0 Å². The van der Waals surface area contributed by atoms with Crippen LogP contribution >= 0.6 is 46.4 Å². The van der Waals surface area contributed by atoms with Crippen LogP contribution in [0.5, 0.6) is 0 Å². The lowest BCUT2D eigenvalue weighted by Gasteiger charge is -2.11. The number of aliphatic hydroxyl groups is 1. The second kappa shape index (κ2) is 10.0. The maximum absolute atomic E-state index is 9.84. The second-order valence-corrected chi connectivity index (χ2v) is 9.75. The third-order valence-corrected chi connectivity index (χ3v) is 6.96. The van der Waals surface area contributed by atoms with Crippen LogP contribution in [0, 0.1) is 11.8 Å². The van der Waals surface area contributed by atoms with Gasteiger partial charge in [0.1, 0.15) is 0 Å². The van der Waals surface area contributed by atoms with Gasteiger partial charge in [-0.3, -0.25) is 0 Å². The summed E-state index contributed by atoms with van der Waals surface area (Å²) in [7, 11) is 0. The zero-order valence-corrected chi connectivity index (χ0v) is 19.0. The monoisotopic (exact) mass is 458 g/mol. The first-order chi connectivity index (χ1) is 13.3. The molecule has 0 spiro atoms. The lowest BCUT2D eigenvalue weighted by molar-refractivity contribution is 0.160. The highest BCUT2D eigenvalue weighted by Gasteiger charge is 2.25. The van der Waals surface area contributed by atoms with Gasteiger partial charge in [-0.2, -0.15) is 0 Å². The average Bonchev–Trinajstić information content (AvgIpc) is 3.57. The molecule has 152 valence electrons. The number of aliphatic hydroxyl groups excluding tert-OH is 1. The fourth-order valence-corrected chi connectivity index (χ4v) is 3.95. The number of benzene rings is 2. The van der Waals surface area contributed by atoms with Gasteiger partial charge >= 0.3 is 0 Å². The molecule has 0 amide bonds. The van der Waals surface area contributed by atoms with Gasteiger partial charge in [0.15, 0.2) is 0 Å². The van der Waals surface area contributed by atoms with Crippen LogP contribution in [0.4, 0.5) is 0 Å². The van der Waals surface area contributed by atoms with Crippen molar-refractivity contribution in [1.29, 1.82) is 0 Å². The molecule has 1 N–H and O–H groups in total. The lowest BCUT2D eigenvalue weighted by Crippen LogP contribution is -1.98. The minimum atomic E-state index is -0.391. The van der Waals surface area contributed by atoms with Gasteiger partial charge in [-0.1, -0.05) is 91.1 Å². The molecular formula is C23H26Cl4O. The number of hydrogen-bond acceptors (Lipinski definition) is 1. The van der Waals surface area contributed by atoms with E-state index in [9.17, 15) is 5.11 Å². The van der Waals surface area contributed by atoms with Crippen LogP contribution in [0.3, 0.4) is 0 Å². The molecule has 28 heavy (non-hydrogen) atoms. The van der Waals surface area contributed by atoms with Gasteiger partial charge in [0, 0.05) is 0 Å². The molecular weight excluding hydrogens is 434 g/mol. The first kappa shape index (κ1) is 22.2. The standard InChI is InChI=1S/C12H14Cl2.C11H12Cl2O/c1-8(6-9-2-3-9)10-4-5-11(13)12(14)7-10;12-9-4-3-8(6-10(9)13)11(14)5-7-1-2-7/h4-5,7-9H,2-3,6H2,1H3;3-4,6-7,11,14H,1-2,5H2. The third kappa shape index (κ3) is 6.82. The maximum Gasteiger partial charge on any atom is 0.0793 e. The van der Waals surface area contributed by atoms with E-state index in [1.54, 1.807) is 12.1 Å². The summed E-state index contributed by atoms with van der Waals surface area (Å²) < 4.78 is 0. The molecule has 0 aliphatic heterocycles. The molecule has 2 unspecified atom stereocenters. The lowest BCUT2D eigenvalue weighted by atomic mass is 9.96. The van der Waals surface area contributed by atoms with E-state index in [0.29, 0.717) is 31.9 Å². The Hall–Kier alpha value is -0.440. The first-order valence-corrected chi connectivity index (χ1v) is 11.4. The molecule has 0 bridgehead atoms. The van der Waals surface area contributed by atoms with Crippen LogP contribution in [0.15, 0.2) is 36.4 Å². The normalized spacial score (nSPS) is 18.2. The Balaban J connectivity index is 0.000000161. The summed E-state index contributed by atoms with van der Waals surface area (Å²) in [6.07, 6.45) is 7.06. The molecule has 2 atom stereocenters. The summed E-state index contributed by atoms with van der Waals surface area (Å²) >= 11 is 23.5. The van der Waals surface area contributed by atoms with Crippen LogP contribution in [-0.4, -0.2) is 5.11 Å². The fraction of sp³-hybridized carbons (Fsp3) is 0.478. The summed E-state index contributed by atoms with van der Waals surface area (Å²) in [6.45, 7) is 2.26. The predicted octanol–water partition coefficient (Wildman–Crippen LogP) is 8.72. The van der Waals surface area contributed by atoms with E-state index >= 15 is 0 Å². The minimum absolute atomic E-state index is 0.391. The van der Waals surface area contributed by atoms with E-state index in [2.05, 4.69) is 13.0 Å². The average molecular weight is 460 g/mol. The summed E-state index contributed by atoms with van der Waals surface area (Å²) in [5.41, 5.74) is 2.18. The number of rotatable bonds is 6. The van der Waals surface area contributed by atoms with Crippen molar-refractivity contribution >= 4 is 46.4 Å². The van der Waals surface area contributed by atoms with Gasteiger partial charge in [-0.05, 0) is 66.0 Å². The SMILES string of the molecule is CC(CC1CC1)c1ccc(Cl)c(Cl)c1.OC(CC1CC1)c1ccc(Cl)c(Cl)c1. The molecule has 2 aromatic carbocycles. The van der Waals surface area contributed by atoms with Crippen molar-refractivity contribution in [1.82, 2.24) is 0 Å². The number of halogens is 4. The summed E-state index contributed by atoms with van der Waals surface area (Å²) in [4.78, 5) is 0. The van der Waals surface area contributed by atoms with Crippen molar-refractivity contribution in [3.05, 3.63) is 67.6 Å².